The zero-order valence-electron chi connectivity index (χ0n) is 18.0. The van der Waals surface area contributed by atoms with Gasteiger partial charge in [0.25, 0.3) is 15.9 Å². The predicted octanol–water partition coefficient (Wildman–Crippen LogP) is 3.45. The minimum atomic E-state index is -3.99. The molecule has 0 radical (unpaired) electrons. The summed E-state index contributed by atoms with van der Waals surface area (Å²) in [5.74, 6) is -0.278. The zero-order valence-corrected chi connectivity index (χ0v) is 19.6. The highest BCUT2D eigenvalue weighted by Crippen LogP contribution is 2.37. The summed E-state index contributed by atoms with van der Waals surface area (Å²) in [5.41, 5.74) is 8.07. The maximum absolute atomic E-state index is 13.5. The van der Waals surface area contributed by atoms with E-state index in [0.717, 1.165) is 5.56 Å². The third kappa shape index (κ3) is 4.37. The Labute approximate surface area is 201 Å². The van der Waals surface area contributed by atoms with Crippen molar-refractivity contribution in [1.82, 2.24) is 0 Å². The third-order valence-electron chi connectivity index (χ3n) is 5.44. The molecule has 0 unspecified atom stereocenters. The Kier molecular flexibility index (Phi) is 6.36. The van der Waals surface area contributed by atoms with E-state index in [1.165, 1.54) is 23.5 Å². The molecular formula is C23H21ClN4O5S. The first kappa shape index (κ1) is 23.4. The van der Waals surface area contributed by atoms with Crippen molar-refractivity contribution in [3.63, 3.8) is 0 Å². The number of fused-ring (bicyclic) bond motifs is 1. The normalized spacial score (nSPS) is 13.5. The van der Waals surface area contributed by atoms with Gasteiger partial charge in [0, 0.05) is 28.4 Å². The molecule has 0 bridgehead atoms. The highest BCUT2D eigenvalue weighted by molar-refractivity contribution is 7.93. The molecule has 0 atom stereocenters. The van der Waals surface area contributed by atoms with Crippen LogP contribution in [0.15, 0.2) is 70.7 Å². The van der Waals surface area contributed by atoms with Gasteiger partial charge in [-0.15, -0.1) is 0 Å². The minimum Gasteiger partial charge on any atom is -0.495 e. The second-order valence-corrected chi connectivity index (χ2v) is 9.75. The molecule has 1 amide bonds. The van der Waals surface area contributed by atoms with Gasteiger partial charge in [-0.3, -0.25) is 9.10 Å². The summed E-state index contributed by atoms with van der Waals surface area (Å²) in [4.78, 5) is 12.8. The molecule has 1 aliphatic rings. The Morgan fingerprint density at radius 2 is 1.82 bits per heavy atom. The van der Waals surface area contributed by atoms with Gasteiger partial charge in [-0.2, -0.15) is 0 Å². The number of anilines is 2. The zero-order chi connectivity index (χ0) is 24.5. The van der Waals surface area contributed by atoms with E-state index < -0.39 is 15.9 Å². The fourth-order valence-electron chi connectivity index (χ4n) is 3.70. The number of hydrogen-bond donors (Lipinski definition) is 3. The van der Waals surface area contributed by atoms with E-state index in [0.29, 0.717) is 28.9 Å². The third-order valence-corrected chi connectivity index (χ3v) is 7.51. The van der Waals surface area contributed by atoms with E-state index in [1.807, 2.05) is 0 Å². The van der Waals surface area contributed by atoms with Crippen LogP contribution in [0, 0.1) is 0 Å². The molecule has 0 aliphatic carbocycles. The molecule has 0 fully saturated rings. The van der Waals surface area contributed by atoms with Crippen LogP contribution in [-0.4, -0.2) is 39.0 Å². The number of nitrogens with zero attached hydrogens (tertiary/aromatic N) is 2. The molecule has 1 heterocycles. The lowest BCUT2D eigenvalue weighted by atomic mass is 10.1. The van der Waals surface area contributed by atoms with Crippen molar-refractivity contribution in [3.05, 3.63) is 82.4 Å². The van der Waals surface area contributed by atoms with E-state index in [-0.39, 0.29) is 28.0 Å². The molecule has 1 aliphatic heterocycles. The van der Waals surface area contributed by atoms with Gasteiger partial charge in [-0.1, -0.05) is 22.8 Å². The monoisotopic (exact) mass is 500 g/mol. The molecule has 176 valence electrons. The molecule has 0 saturated carbocycles. The van der Waals surface area contributed by atoms with Crippen LogP contribution in [0.1, 0.15) is 21.5 Å². The smallest absolute Gasteiger partial charge is 0.268 e. The molecule has 4 N–H and O–H groups in total. The molecule has 0 spiro atoms. The predicted molar refractivity (Wildman–Crippen MR) is 130 cm³/mol. The van der Waals surface area contributed by atoms with Crippen molar-refractivity contribution in [2.24, 2.45) is 10.9 Å². The summed E-state index contributed by atoms with van der Waals surface area (Å²) in [7, 11) is -2.60. The van der Waals surface area contributed by atoms with Crippen molar-refractivity contribution >= 4 is 44.7 Å². The highest BCUT2D eigenvalue weighted by atomic mass is 35.5. The number of oxime groups is 1. The lowest BCUT2D eigenvalue weighted by Gasteiger charge is -2.21. The first-order valence-corrected chi connectivity index (χ1v) is 11.9. The van der Waals surface area contributed by atoms with E-state index in [1.54, 1.807) is 48.5 Å². The van der Waals surface area contributed by atoms with E-state index >= 15 is 0 Å². The number of carbonyl (C=O) groups is 1. The van der Waals surface area contributed by atoms with Crippen LogP contribution in [-0.2, 0) is 16.4 Å². The Balaban J connectivity index is 1.62. The lowest BCUT2D eigenvalue weighted by Crippen LogP contribution is -2.29. The Bertz CT molecular complexity index is 1390. The molecule has 11 heteroatoms. The van der Waals surface area contributed by atoms with Crippen LogP contribution in [0.4, 0.5) is 11.4 Å². The van der Waals surface area contributed by atoms with Crippen LogP contribution >= 0.6 is 11.6 Å². The largest absolute Gasteiger partial charge is 0.495 e. The molecule has 0 aromatic heterocycles. The fraction of sp³-hybridized carbons (Fsp3) is 0.130. The molecule has 0 saturated heterocycles. The number of carbonyl (C=O) groups excluding carboxylic acids is 1. The first-order valence-electron chi connectivity index (χ1n) is 10.1. The Hall–Kier alpha value is -3.76. The number of nitrogens with one attached hydrogen (secondary N) is 1. The Morgan fingerprint density at radius 3 is 2.50 bits per heavy atom. The number of sulfonamides is 1. The van der Waals surface area contributed by atoms with Crippen molar-refractivity contribution in [3.8, 4) is 5.75 Å². The number of benzene rings is 3. The average molecular weight is 501 g/mol. The van der Waals surface area contributed by atoms with Crippen LogP contribution in [0.3, 0.4) is 0 Å². The number of ether oxygens (including phenoxy) is 1. The second-order valence-electron chi connectivity index (χ2n) is 7.48. The van der Waals surface area contributed by atoms with Crippen molar-refractivity contribution in [2.45, 2.75) is 11.3 Å². The molecule has 4 rings (SSSR count). The molecule has 34 heavy (non-hydrogen) atoms. The van der Waals surface area contributed by atoms with Crippen LogP contribution in [0.2, 0.25) is 5.02 Å². The molecule has 9 nitrogen and oxygen atoms in total. The van der Waals surface area contributed by atoms with E-state index in [2.05, 4.69) is 10.5 Å². The molecular weight excluding hydrogens is 480 g/mol. The van der Waals surface area contributed by atoms with Crippen LogP contribution in [0.25, 0.3) is 0 Å². The number of methoxy groups -OCH3 is 1. The summed E-state index contributed by atoms with van der Waals surface area (Å²) < 4.78 is 33.4. The average Bonchev–Trinajstić information content (AvgIpc) is 3.28. The van der Waals surface area contributed by atoms with Gasteiger partial charge in [-0.05, 0) is 66.6 Å². The number of amides is 1. The quantitative estimate of drug-likeness (QED) is 0.205. The van der Waals surface area contributed by atoms with Gasteiger partial charge in [0.2, 0.25) is 0 Å². The van der Waals surface area contributed by atoms with Gasteiger partial charge in [0.05, 0.1) is 12.8 Å². The van der Waals surface area contributed by atoms with Crippen molar-refractivity contribution < 1.29 is 23.2 Å². The van der Waals surface area contributed by atoms with Gasteiger partial charge >= 0.3 is 0 Å². The fourth-order valence-corrected chi connectivity index (χ4v) is 5.61. The number of hydrogen-bond acceptors (Lipinski definition) is 6. The second kappa shape index (κ2) is 9.24. The molecule has 3 aromatic carbocycles. The summed E-state index contributed by atoms with van der Waals surface area (Å²) in [6, 6.07) is 15.8. The van der Waals surface area contributed by atoms with Crippen LogP contribution < -0.4 is 20.1 Å². The summed E-state index contributed by atoms with van der Waals surface area (Å²) >= 11 is 6.05. The first-order chi connectivity index (χ1) is 16.2. The lowest BCUT2D eigenvalue weighted by molar-refractivity contribution is 0.102. The van der Waals surface area contributed by atoms with Crippen LogP contribution in [0.5, 0.6) is 5.75 Å². The molecule has 3 aromatic rings. The minimum absolute atomic E-state index is 0.0454. The topological polar surface area (TPSA) is 134 Å². The standard InChI is InChI=1S/C23H21ClN4O5S/c1-33-20-9-6-17(24)13-21(20)34(31,32)28-11-10-14-2-3-16(12-19(14)28)23(29)26-18-7-4-15(5-8-18)22(25)27-30/h2-9,12-13,30H,10-11H2,1H3,(H2,25,27)(H,26,29). The van der Waals surface area contributed by atoms with Crippen molar-refractivity contribution in [1.29, 1.82) is 0 Å². The SMILES string of the molecule is COc1ccc(Cl)cc1S(=O)(=O)N1CCc2ccc(C(=O)Nc3ccc(C(N)=NO)cc3)cc21. The van der Waals surface area contributed by atoms with Gasteiger partial charge in [-0.25, -0.2) is 8.42 Å². The van der Waals surface area contributed by atoms with E-state index in [4.69, 9.17) is 27.3 Å². The van der Waals surface area contributed by atoms with Gasteiger partial charge in [0.1, 0.15) is 10.6 Å². The van der Waals surface area contributed by atoms with Crippen molar-refractivity contribution in [2.75, 3.05) is 23.3 Å². The Morgan fingerprint density at radius 1 is 1.12 bits per heavy atom. The van der Waals surface area contributed by atoms with Gasteiger partial charge in [0.15, 0.2) is 5.84 Å². The maximum atomic E-state index is 13.5. The maximum Gasteiger partial charge on any atom is 0.268 e. The van der Waals surface area contributed by atoms with E-state index in [9.17, 15) is 13.2 Å². The van der Waals surface area contributed by atoms with Gasteiger partial charge < -0.3 is 21.0 Å². The summed E-state index contributed by atoms with van der Waals surface area (Å²) in [5, 5.41) is 14.7. The number of nitrogens with two attached hydrogens (primary N) is 1. The number of halogens is 1. The summed E-state index contributed by atoms with van der Waals surface area (Å²) in [6.45, 7) is 0.230. The highest BCUT2D eigenvalue weighted by Gasteiger charge is 2.33. The summed E-state index contributed by atoms with van der Waals surface area (Å²) in [6.07, 6.45) is 0.509. The number of amidine groups is 1. The number of rotatable bonds is 6.